The molecule has 1 unspecified atom stereocenters. The van der Waals surface area contributed by atoms with Crippen LogP contribution in [-0.4, -0.2) is 50.0 Å². The van der Waals surface area contributed by atoms with Gasteiger partial charge in [0.2, 0.25) is 5.90 Å². The number of hydrogen-bond acceptors (Lipinski definition) is 6. The monoisotopic (exact) mass is 384 g/mol. The van der Waals surface area contributed by atoms with Crippen molar-refractivity contribution in [2.45, 2.75) is 26.1 Å². The molecule has 0 amide bonds. The zero-order valence-electron chi connectivity index (χ0n) is 14.9. The molecular formula is C18H17ClN6O2. The number of ether oxygens (including phenoxy) is 2. The molecule has 0 saturated carbocycles. The van der Waals surface area contributed by atoms with Crippen LogP contribution in [0.15, 0.2) is 29.5 Å². The molecule has 138 valence electrons. The van der Waals surface area contributed by atoms with Gasteiger partial charge in [-0.2, -0.15) is 0 Å². The second-order valence-electron chi connectivity index (χ2n) is 6.62. The minimum Gasteiger partial charge on any atom is -0.474 e. The lowest BCUT2D eigenvalue weighted by molar-refractivity contribution is 0.174. The summed E-state index contributed by atoms with van der Waals surface area (Å²) in [5.41, 5.74) is 3.53. The minimum absolute atomic E-state index is 0.128. The van der Waals surface area contributed by atoms with Gasteiger partial charge >= 0.3 is 0 Å². The van der Waals surface area contributed by atoms with Crippen molar-refractivity contribution < 1.29 is 9.47 Å². The van der Waals surface area contributed by atoms with Crippen LogP contribution in [0.5, 0.6) is 0 Å². The molecule has 0 saturated heterocycles. The van der Waals surface area contributed by atoms with E-state index in [1.807, 2.05) is 34.3 Å². The van der Waals surface area contributed by atoms with Gasteiger partial charge in [0.15, 0.2) is 11.6 Å². The van der Waals surface area contributed by atoms with Gasteiger partial charge in [-0.15, -0.1) is 10.2 Å². The lowest BCUT2D eigenvalue weighted by atomic mass is 10.1. The van der Waals surface area contributed by atoms with Crippen LogP contribution in [0, 0.1) is 0 Å². The van der Waals surface area contributed by atoms with Gasteiger partial charge in [-0.1, -0.05) is 11.6 Å². The molecule has 0 fully saturated rings. The van der Waals surface area contributed by atoms with Gasteiger partial charge < -0.3 is 14.0 Å². The van der Waals surface area contributed by atoms with Crippen LogP contribution >= 0.6 is 11.6 Å². The quantitative estimate of drug-likeness (QED) is 0.542. The largest absolute Gasteiger partial charge is 0.474 e. The number of halogens is 1. The molecule has 0 radical (unpaired) electrons. The number of benzene rings is 1. The van der Waals surface area contributed by atoms with E-state index in [4.69, 9.17) is 21.1 Å². The smallest absolute Gasteiger partial charge is 0.237 e. The molecule has 1 aromatic carbocycles. The number of methoxy groups -OCH3 is 1. The van der Waals surface area contributed by atoms with E-state index < -0.39 is 0 Å². The van der Waals surface area contributed by atoms with E-state index in [0.717, 1.165) is 34.3 Å². The maximum atomic E-state index is 6.27. The zero-order chi connectivity index (χ0) is 18.5. The van der Waals surface area contributed by atoms with E-state index in [-0.39, 0.29) is 6.04 Å². The fourth-order valence-corrected chi connectivity index (χ4v) is 3.67. The Kier molecular flexibility index (Phi) is 3.76. The summed E-state index contributed by atoms with van der Waals surface area (Å²) in [5.74, 6) is 2.06. The predicted octanol–water partition coefficient (Wildman–Crippen LogP) is 2.46. The van der Waals surface area contributed by atoms with Crippen molar-refractivity contribution >= 4 is 17.5 Å². The molecule has 5 rings (SSSR count). The molecule has 0 bridgehead atoms. The second-order valence-corrected chi connectivity index (χ2v) is 7.06. The first kappa shape index (κ1) is 16.5. The predicted molar refractivity (Wildman–Crippen MR) is 99.4 cm³/mol. The third kappa shape index (κ3) is 2.55. The summed E-state index contributed by atoms with van der Waals surface area (Å²) in [6, 6.07) is 5.85. The van der Waals surface area contributed by atoms with E-state index in [2.05, 4.69) is 20.2 Å². The SMILES string of the molecule is COCc1nnc2n1Cc1c(C3=NC(C)CO3)ncn1-c1ccc(Cl)cc1-2. The van der Waals surface area contributed by atoms with Crippen molar-refractivity contribution in [3.63, 3.8) is 0 Å². The Morgan fingerprint density at radius 3 is 3.00 bits per heavy atom. The van der Waals surface area contributed by atoms with Crippen LogP contribution in [-0.2, 0) is 22.6 Å². The van der Waals surface area contributed by atoms with E-state index in [1.54, 1.807) is 13.4 Å². The van der Waals surface area contributed by atoms with E-state index >= 15 is 0 Å². The van der Waals surface area contributed by atoms with E-state index in [1.165, 1.54) is 0 Å². The van der Waals surface area contributed by atoms with Crippen LogP contribution < -0.4 is 0 Å². The first-order valence-corrected chi connectivity index (χ1v) is 9.02. The van der Waals surface area contributed by atoms with Gasteiger partial charge in [-0.05, 0) is 25.1 Å². The third-order valence-corrected chi connectivity index (χ3v) is 4.97. The number of aromatic nitrogens is 5. The number of aliphatic imine (C=N–C) groups is 1. The minimum atomic E-state index is 0.128. The van der Waals surface area contributed by atoms with E-state index in [9.17, 15) is 0 Å². The maximum absolute atomic E-state index is 6.27. The van der Waals surface area contributed by atoms with Crippen molar-refractivity contribution in [1.82, 2.24) is 24.3 Å². The fraction of sp³-hybridized carbons (Fsp3) is 0.333. The molecule has 0 N–H and O–H groups in total. The number of hydrogen-bond donors (Lipinski definition) is 0. The number of rotatable bonds is 3. The average molecular weight is 385 g/mol. The van der Waals surface area contributed by atoms with Gasteiger partial charge in [0.05, 0.1) is 24.0 Å². The summed E-state index contributed by atoms with van der Waals surface area (Å²) in [7, 11) is 1.64. The Bertz CT molecular complexity index is 1070. The third-order valence-electron chi connectivity index (χ3n) is 4.74. The molecule has 1 atom stereocenters. The number of fused-ring (bicyclic) bond motifs is 5. The molecule has 3 aromatic rings. The van der Waals surface area contributed by atoms with Crippen LogP contribution in [0.4, 0.5) is 0 Å². The standard InChI is InChI=1S/C18H17ClN6O2/c1-10-7-27-18(21-10)16-14-6-24-15(8-26-2)22-23-17(24)12-5-11(19)3-4-13(12)25(14)9-20-16/h3-5,9-10H,6-8H2,1-2H3. The molecule has 0 spiro atoms. The zero-order valence-corrected chi connectivity index (χ0v) is 15.6. The number of nitrogens with zero attached hydrogens (tertiary/aromatic N) is 6. The normalized spacial score (nSPS) is 17.6. The number of imidazole rings is 1. The van der Waals surface area contributed by atoms with Crippen LogP contribution in [0.25, 0.3) is 17.1 Å². The van der Waals surface area contributed by atoms with Gasteiger partial charge in [-0.3, -0.25) is 4.57 Å². The Labute approximate surface area is 160 Å². The summed E-state index contributed by atoms with van der Waals surface area (Å²) in [6.45, 7) is 3.48. The first-order valence-electron chi connectivity index (χ1n) is 8.64. The highest BCUT2D eigenvalue weighted by atomic mass is 35.5. The van der Waals surface area contributed by atoms with Crippen molar-refractivity contribution in [1.29, 1.82) is 0 Å². The van der Waals surface area contributed by atoms with Crippen LogP contribution in [0.3, 0.4) is 0 Å². The molecule has 2 aliphatic heterocycles. The van der Waals surface area contributed by atoms with Crippen molar-refractivity contribution in [2.75, 3.05) is 13.7 Å². The highest BCUT2D eigenvalue weighted by Gasteiger charge is 2.29. The maximum Gasteiger partial charge on any atom is 0.237 e. The highest BCUT2D eigenvalue weighted by molar-refractivity contribution is 6.31. The van der Waals surface area contributed by atoms with Gasteiger partial charge in [0.25, 0.3) is 0 Å². The summed E-state index contributed by atoms with van der Waals surface area (Å²) in [6.07, 6.45) is 1.79. The summed E-state index contributed by atoms with van der Waals surface area (Å²) >= 11 is 6.27. The molecular weight excluding hydrogens is 368 g/mol. The molecule has 8 nitrogen and oxygen atoms in total. The van der Waals surface area contributed by atoms with Crippen LogP contribution in [0.2, 0.25) is 5.02 Å². The molecule has 4 heterocycles. The molecule has 9 heteroatoms. The Hall–Kier alpha value is -2.71. The first-order chi connectivity index (χ1) is 13.2. The Morgan fingerprint density at radius 2 is 2.22 bits per heavy atom. The highest BCUT2D eigenvalue weighted by Crippen LogP contribution is 2.34. The molecule has 0 aliphatic carbocycles. The van der Waals surface area contributed by atoms with Crippen molar-refractivity contribution in [2.24, 2.45) is 4.99 Å². The molecule has 2 aromatic heterocycles. The van der Waals surface area contributed by atoms with Crippen molar-refractivity contribution in [3.8, 4) is 17.1 Å². The van der Waals surface area contributed by atoms with Gasteiger partial charge in [0.1, 0.15) is 25.2 Å². The van der Waals surface area contributed by atoms with Gasteiger partial charge in [0, 0.05) is 17.7 Å². The summed E-state index contributed by atoms with van der Waals surface area (Å²) in [4.78, 5) is 9.17. The average Bonchev–Trinajstić information content (AvgIpc) is 3.34. The van der Waals surface area contributed by atoms with Crippen LogP contribution in [0.1, 0.15) is 24.1 Å². The lowest BCUT2D eigenvalue weighted by Gasteiger charge is -2.09. The van der Waals surface area contributed by atoms with Crippen molar-refractivity contribution in [3.05, 3.63) is 46.8 Å². The Balaban J connectivity index is 1.76. The lowest BCUT2D eigenvalue weighted by Crippen LogP contribution is -2.13. The fourth-order valence-electron chi connectivity index (χ4n) is 3.50. The summed E-state index contributed by atoms with van der Waals surface area (Å²) < 4.78 is 15.1. The van der Waals surface area contributed by atoms with Gasteiger partial charge in [-0.25, -0.2) is 9.98 Å². The molecule has 2 aliphatic rings. The summed E-state index contributed by atoms with van der Waals surface area (Å²) in [5, 5.41) is 9.34. The molecule has 27 heavy (non-hydrogen) atoms. The van der Waals surface area contributed by atoms with E-state index in [0.29, 0.717) is 30.7 Å². The second kappa shape index (κ2) is 6.17. The Morgan fingerprint density at radius 1 is 1.33 bits per heavy atom. The topological polar surface area (TPSA) is 79.3 Å².